The van der Waals surface area contributed by atoms with Crippen molar-refractivity contribution in [2.24, 2.45) is 0 Å². The molecule has 0 aliphatic carbocycles. The molecule has 2 heterocycles. The minimum Gasteiger partial charge on any atom is -0.463 e. The lowest BCUT2D eigenvalue weighted by atomic mass is 9.96. The number of aliphatic hydroxyl groups is 1. The molecule has 0 amide bonds. The second kappa shape index (κ2) is 16.3. The summed E-state index contributed by atoms with van der Waals surface area (Å²) in [6, 6.07) is 0. The lowest BCUT2D eigenvalue weighted by Crippen LogP contribution is -2.67. The zero-order valence-electron chi connectivity index (χ0n) is 25.1. The molecule has 0 saturated carbocycles. The van der Waals surface area contributed by atoms with E-state index < -0.39 is 116 Å². The van der Waals surface area contributed by atoms with Crippen LogP contribution in [-0.4, -0.2) is 122 Å². The number of hydrogen-bond donors (Lipinski definition) is 1. The Hall–Kier alpha value is -3.87. The highest BCUT2D eigenvalue weighted by Crippen LogP contribution is 2.34. The Bertz CT molecular complexity index is 1090. The third kappa shape index (κ3) is 10.7. The summed E-state index contributed by atoms with van der Waals surface area (Å²) in [7, 11) is 0. The van der Waals surface area contributed by atoms with Crippen LogP contribution in [0.2, 0.25) is 0 Å². The first kappa shape index (κ1) is 36.3. The number of aliphatic hydroxyl groups excluding tert-OH is 1. The third-order valence-electron chi connectivity index (χ3n) is 5.90. The highest BCUT2D eigenvalue weighted by Gasteiger charge is 2.57. The van der Waals surface area contributed by atoms with Gasteiger partial charge in [-0.25, -0.2) is 0 Å². The molecule has 18 nitrogen and oxygen atoms in total. The van der Waals surface area contributed by atoms with Crippen molar-refractivity contribution in [1.29, 1.82) is 0 Å². The quantitative estimate of drug-likeness (QED) is 0.203. The summed E-state index contributed by atoms with van der Waals surface area (Å²) in [5.74, 6) is -6.03. The van der Waals surface area contributed by atoms with Crippen LogP contribution in [0.25, 0.3) is 0 Å². The normalized spacial score (nSPS) is 31.5. The second-order valence-electron chi connectivity index (χ2n) is 9.68. The highest BCUT2D eigenvalue weighted by molar-refractivity contribution is 5.69. The van der Waals surface area contributed by atoms with Crippen LogP contribution in [0, 0.1) is 0 Å². The SMILES string of the molecule is CC(=O)OC[C@H]1O[C@H](O[C@H]2[C@H](OC(C)=O)[C@H](OC(C)=O)[C@H](O)O[C@@H]2COC(C)=O)[C@@H](OC(C)=O)[C@@H](OC(C)=O)[C@@H]1OC(C)=O. The molecule has 0 radical (unpaired) electrons. The highest BCUT2D eigenvalue weighted by atomic mass is 16.8. The van der Waals surface area contributed by atoms with Crippen molar-refractivity contribution in [1.82, 2.24) is 0 Å². The van der Waals surface area contributed by atoms with Gasteiger partial charge in [-0.2, -0.15) is 0 Å². The van der Waals surface area contributed by atoms with Crippen molar-refractivity contribution >= 4 is 41.8 Å². The van der Waals surface area contributed by atoms with E-state index in [4.69, 9.17) is 47.4 Å². The lowest BCUT2D eigenvalue weighted by Gasteiger charge is -2.48. The van der Waals surface area contributed by atoms with Crippen LogP contribution >= 0.6 is 0 Å². The third-order valence-corrected chi connectivity index (χ3v) is 5.90. The molecule has 0 bridgehead atoms. The van der Waals surface area contributed by atoms with E-state index in [9.17, 15) is 38.7 Å². The number of carbonyl (C=O) groups excluding carboxylic acids is 7. The summed E-state index contributed by atoms with van der Waals surface area (Å²) in [5, 5.41) is 10.6. The summed E-state index contributed by atoms with van der Waals surface area (Å²) < 4.78 is 54.1. The Morgan fingerprint density at radius 1 is 0.477 bits per heavy atom. The Morgan fingerprint density at radius 2 is 0.841 bits per heavy atom. The van der Waals surface area contributed by atoms with Gasteiger partial charge < -0.3 is 52.5 Å². The fraction of sp³-hybridized carbons (Fsp3) is 0.731. The molecule has 44 heavy (non-hydrogen) atoms. The molecule has 10 atom stereocenters. The molecule has 2 rings (SSSR count). The van der Waals surface area contributed by atoms with Gasteiger partial charge in [0.05, 0.1) is 0 Å². The zero-order valence-corrected chi connectivity index (χ0v) is 25.1. The predicted octanol–water partition coefficient (Wildman–Crippen LogP) is -1.40. The van der Waals surface area contributed by atoms with Gasteiger partial charge in [0, 0.05) is 48.5 Å². The lowest BCUT2D eigenvalue weighted by molar-refractivity contribution is -0.357. The average Bonchev–Trinajstić information content (AvgIpc) is 2.87. The van der Waals surface area contributed by atoms with Gasteiger partial charge in [0.2, 0.25) is 0 Å². The van der Waals surface area contributed by atoms with Crippen LogP contribution < -0.4 is 0 Å². The van der Waals surface area contributed by atoms with Gasteiger partial charge in [-0.1, -0.05) is 0 Å². The first-order valence-corrected chi connectivity index (χ1v) is 13.3. The molecule has 2 saturated heterocycles. The largest absolute Gasteiger partial charge is 0.463 e. The number of carbonyl (C=O) groups is 7. The van der Waals surface area contributed by atoms with Crippen molar-refractivity contribution in [3.05, 3.63) is 0 Å². The van der Waals surface area contributed by atoms with Crippen molar-refractivity contribution in [3.8, 4) is 0 Å². The smallest absolute Gasteiger partial charge is 0.303 e. The standard InChI is InChI=1S/C26H36O18/c1-10(27)35-8-17-20(21(38-13(4)30)23(25(34)42-17)40-15(6)32)44-26-24(41-16(7)33)22(39-14(5)31)19(37-12(3)29)18(43-26)9-36-11(2)28/h17-26,34H,8-9H2,1-7H3/t17-,18-,19-,20-,21+,22+,23+,24+,25-,26-/m1/s1. The van der Waals surface area contributed by atoms with Gasteiger partial charge >= 0.3 is 41.8 Å². The van der Waals surface area contributed by atoms with E-state index >= 15 is 0 Å². The second-order valence-corrected chi connectivity index (χ2v) is 9.68. The molecule has 248 valence electrons. The topological polar surface area (TPSA) is 232 Å². The van der Waals surface area contributed by atoms with Gasteiger partial charge in [-0.15, -0.1) is 0 Å². The van der Waals surface area contributed by atoms with Crippen molar-refractivity contribution in [2.75, 3.05) is 13.2 Å². The van der Waals surface area contributed by atoms with Crippen LogP contribution in [0.1, 0.15) is 48.5 Å². The molecule has 1 N–H and O–H groups in total. The minimum absolute atomic E-state index is 0.572. The average molecular weight is 637 g/mol. The minimum atomic E-state index is -1.90. The molecule has 2 fully saturated rings. The molecular formula is C26H36O18. The fourth-order valence-corrected chi connectivity index (χ4v) is 4.49. The Balaban J connectivity index is 2.66. The maximum atomic E-state index is 12.2. The van der Waals surface area contributed by atoms with Gasteiger partial charge in [0.1, 0.15) is 31.5 Å². The summed E-state index contributed by atoms with van der Waals surface area (Å²) in [6.45, 7) is 6.11. The number of ether oxygens (including phenoxy) is 10. The van der Waals surface area contributed by atoms with Crippen LogP contribution in [0.3, 0.4) is 0 Å². The number of hydrogen-bond acceptors (Lipinski definition) is 18. The van der Waals surface area contributed by atoms with Crippen LogP contribution in [0.15, 0.2) is 0 Å². The van der Waals surface area contributed by atoms with E-state index in [1.807, 2.05) is 0 Å². The van der Waals surface area contributed by atoms with Crippen LogP contribution in [0.4, 0.5) is 0 Å². The summed E-state index contributed by atoms with van der Waals surface area (Å²) >= 11 is 0. The van der Waals surface area contributed by atoms with E-state index in [0.717, 1.165) is 48.5 Å². The molecular weight excluding hydrogens is 600 g/mol. The van der Waals surface area contributed by atoms with E-state index in [1.165, 1.54) is 0 Å². The van der Waals surface area contributed by atoms with Crippen LogP contribution in [-0.2, 0) is 80.9 Å². The van der Waals surface area contributed by atoms with Gasteiger partial charge in [0.25, 0.3) is 0 Å². The van der Waals surface area contributed by atoms with E-state index in [0.29, 0.717) is 0 Å². The molecule has 0 aromatic carbocycles. The predicted molar refractivity (Wildman–Crippen MR) is 135 cm³/mol. The summed E-state index contributed by atoms with van der Waals surface area (Å²) in [5.41, 5.74) is 0. The zero-order chi connectivity index (χ0) is 33.3. The summed E-state index contributed by atoms with van der Waals surface area (Å²) in [4.78, 5) is 83.5. The molecule has 0 aromatic rings. The van der Waals surface area contributed by atoms with Gasteiger partial charge in [-0.3, -0.25) is 33.6 Å². The Kier molecular flexibility index (Phi) is 13.4. The van der Waals surface area contributed by atoms with Crippen molar-refractivity contribution < 1.29 is 86.0 Å². The van der Waals surface area contributed by atoms with E-state index in [1.54, 1.807) is 0 Å². The summed E-state index contributed by atoms with van der Waals surface area (Å²) in [6.07, 6.45) is -16.3. The van der Waals surface area contributed by atoms with E-state index in [2.05, 4.69) is 0 Å². The first-order chi connectivity index (χ1) is 20.5. The van der Waals surface area contributed by atoms with Crippen molar-refractivity contribution in [3.63, 3.8) is 0 Å². The Labute approximate surface area is 251 Å². The van der Waals surface area contributed by atoms with Crippen molar-refractivity contribution in [2.45, 2.75) is 110 Å². The van der Waals surface area contributed by atoms with Gasteiger partial charge in [0.15, 0.2) is 43.1 Å². The molecule has 2 aliphatic heterocycles. The molecule has 18 heteroatoms. The fourth-order valence-electron chi connectivity index (χ4n) is 4.49. The molecule has 0 aromatic heterocycles. The molecule has 2 aliphatic rings. The number of esters is 7. The first-order valence-electron chi connectivity index (χ1n) is 13.3. The maximum Gasteiger partial charge on any atom is 0.303 e. The maximum absolute atomic E-state index is 12.2. The molecule has 0 spiro atoms. The Morgan fingerprint density at radius 3 is 1.27 bits per heavy atom. The van der Waals surface area contributed by atoms with Crippen LogP contribution in [0.5, 0.6) is 0 Å². The van der Waals surface area contributed by atoms with Gasteiger partial charge in [-0.05, 0) is 0 Å². The monoisotopic (exact) mass is 636 g/mol. The number of rotatable bonds is 11. The van der Waals surface area contributed by atoms with E-state index in [-0.39, 0.29) is 0 Å². The molecule has 0 unspecified atom stereocenters.